The molecular weight excluding hydrogens is 182 g/mol. The highest BCUT2D eigenvalue weighted by Crippen LogP contribution is 2.30. The van der Waals surface area contributed by atoms with Crippen molar-refractivity contribution < 1.29 is 0 Å². The first-order valence-corrected chi connectivity index (χ1v) is 6.05. The zero-order valence-electron chi connectivity index (χ0n) is 10.1. The Balaban J connectivity index is 2.41. The minimum atomic E-state index is 0.597. The Morgan fingerprint density at radius 3 is 2.87 bits per heavy atom. The SMILES string of the molecule is CCCC1NCCc2cc(C)cc(C)c21. The van der Waals surface area contributed by atoms with Gasteiger partial charge in [0.25, 0.3) is 0 Å². The molecule has 1 heterocycles. The van der Waals surface area contributed by atoms with E-state index in [0.717, 1.165) is 6.54 Å². The number of fused-ring (bicyclic) bond motifs is 1. The number of benzene rings is 1. The van der Waals surface area contributed by atoms with Gasteiger partial charge in [-0.15, -0.1) is 0 Å². The third-order valence-electron chi connectivity index (χ3n) is 3.33. The molecule has 15 heavy (non-hydrogen) atoms. The van der Waals surface area contributed by atoms with E-state index in [2.05, 4.69) is 38.2 Å². The van der Waals surface area contributed by atoms with Gasteiger partial charge in [-0.1, -0.05) is 31.0 Å². The van der Waals surface area contributed by atoms with Gasteiger partial charge in [0.1, 0.15) is 0 Å². The van der Waals surface area contributed by atoms with Crippen LogP contribution in [-0.2, 0) is 6.42 Å². The molecule has 1 aromatic rings. The van der Waals surface area contributed by atoms with Crippen LogP contribution in [-0.4, -0.2) is 6.54 Å². The highest BCUT2D eigenvalue weighted by Gasteiger charge is 2.20. The van der Waals surface area contributed by atoms with Crippen molar-refractivity contribution in [3.63, 3.8) is 0 Å². The van der Waals surface area contributed by atoms with Crippen LogP contribution < -0.4 is 5.32 Å². The Hall–Kier alpha value is -0.820. The normalized spacial score (nSPS) is 20.1. The molecule has 82 valence electrons. The Kier molecular flexibility index (Phi) is 3.11. The summed E-state index contributed by atoms with van der Waals surface area (Å²) in [7, 11) is 0. The summed E-state index contributed by atoms with van der Waals surface area (Å²) >= 11 is 0. The van der Waals surface area contributed by atoms with Crippen molar-refractivity contribution in [3.8, 4) is 0 Å². The third-order valence-corrected chi connectivity index (χ3v) is 3.33. The number of rotatable bonds is 2. The van der Waals surface area contributed by atoms with Crippen molar-refractivity contribution in [2.24, 2.45) is 0 Å². The van der Waals surface area contributed by atoms with Crippen LogP contribution in [0.25, 0.3) is 0 Å². The molecule has 0 fully saturated rings. The van der Waals surface area contributed by atoms with Crippen LogP contribution in [0, 0.1) is 13.8 Å². The van der Waals surface area contributed by atoms with Gasteiger partial charge in [0.2, 0.25) is 0 Å². The summed E-state index contributed by atoms with van der Waals surface area (Å²) in [5, 5.41) is 3.64. The van der Waals surface area contributed by atoms with Crippen molar-refractivity contribution in [1.82, 2.24) is 5.32 Å². The van der Waals surface area contributed by atoms with Crippen LogP contribution in [0.1, 0.15) is 48.1 Å². The fourth-order valence-electron chi connectivity index (χ4n) is 2.79. The van der Waals surface area contributed by atoms with E-state index in [-0.39, 0.29) is 0 Å². The molecule has 0 saturated heterocycles. The maximum atomic E-state index is 3.64. The molecule has 2 rings (SSSR count). The second-order valence-electron chi connectivity index (χ2n) is 4.70. The summed E-state index contributed by atoms with van der Waals surface area (Å²) in [6.45, 7) is 7.85. The monoisotopic (exact) mass is 203 g/mol. The van der Waals surface area contributed by atoms with E-state index >= 15 is 0 Å². The molecule has 1 heteroatoms. The molecule has 0 amide bonds. The molecule has 1 atom stereocenters. The lowest BCUT2D eigenvalue weighted by atomic mass is 9.87. The van der Waals surface area contributed by atoms with E-state index in [4.69, 9.17) is 0 Å². The van der Waals surface area contributed by atoms with Crippen molar-refractivity contribution in [3.05, 3.63) is 34.4 Å². The minimum absolute atomic E-state index is 0.597. The Labute approximate surface area is 92.9 Å². The van der Waals surface area contributed by atoms with E-state index in [1.165, 1.54) is 30.4 Å². The third kappa shape index (κ3) is 2.07. The lowest BCUT2D eigenvalue weighted by Gasteiger charge is -2.29. The Morgan fingerprint density at radius 2 is 2.13 bits per heavy atom. The van der Waals surface area contributed by atoms with E-state index in [1.54, 1.807) is 11.1 Å². The van der Waals surface area contributed by atoms with E-state index in [9.17, 15) is 0 Å². The van der Waals surface area contributed by atoms with Gasteiger partial charge in [-0.2, -0.15) is 0 Å². The summed E-state index contributed by atoms with van der Waals surface area (Å²) < 4.78 is 0. The molecule has 0 radical (unpaired) electrons. The molecule has 1 aromatic carbocycles. The fourth-order valence-corrected chi connectivity index (χ4v) is 2.79. The quantitative estimate of drug-likeness (QED) is 0.777. The topological polar surface area (TPSA) is 12.0 Å². The molecule has 0 aliphatic carbocycles. The van der Waals surface area contributed by atoms with Crippen molar-refractivity contribution in [2.75, 3.05) is 6.54 Å². The molecule has 0 aromatic heterocycles. The van der Waals surface area contributed by atoms with Crippen molar-refractivity contribution in [1.29, 1.82) is 0 Å². The molecule has 0 spiro atoms. The van der Waals surface area contributed by atoms with E-state index in [1.807, 2.05) is 0 Å². The molecule has 1 unspecified atom stereocenters. The maximum absolute atomic E-state index is 3.64. The predicted octanol–water partition coefficient (Wildman–Crippen LogP) is 3.29. The lowest BCUT2D eigenvalue weighted by Crippen LogP contribution is -2.30. The van der Waals surface area contributed by atoms with Crippen LogP contribution in [0.5, 0.6) is 0 Å². The van der Waals surface area contributed by atoms with Gasteiger partial charge in [0, 0.05) is 6.04 Å². The Bertz CT molecular complexity index is 355. The largest absolute Gasteiger partial charge is 0.310 e. The smallest absolute Gasteiger partial charge is 0.0325 e. The molecule has 1 N–H and O–H groups in total. The van der Waals surface area contributed by atoms with Gasteiger partial charge in [0.15, 0.2) is 0 Å². The zero-order valence-corrected chi connectivity index (χ0v) is 10.1. The molecule has 1 nitrogen and oxygen atoms in total. The first kappa shape index (κ1) is 10.7. The number of aryl methyl sites for hydroxylation is 2. The van der Waals surface area contributed by atoms with Crippen LogP contribution in [0.2, 0.25) is 0 Å². The van der Waals surface area contributed by atoms with Crippen LogP contribution in [0.4, 0.5) is 0 Å². The highest BCUT2D eigenvalue weighted by molar-refractivity contribution is 5.41. The highest BCUT2D eigenvalue weighted by atomic mass is 14.9. The van der Waals surface area contributed by atoms with Crippen molar-refractivity contribution in [2.45, 2.75) is 46.1 Å². The van der Waals surface area contributed by atoms with Gasteiger partial charge in [-0.05, 0) is 49.9 Å². The average Bonchev–Trinajstić information content (AvgIpc) is 2.17. The summed E-state index contributed by atoms with van der Waals surface area (Å²) in [6, 6.07) is 5.28. The second-order valence-corrected chi connectivity index (χ2v) is 4.70. The first-order valence-electron chi connectivity index (χ1n) is 6.05. The van der Waals surface area contributed by atoms with Crippen molar-refractivity contribution >= 4 is 0 Å². The summed E-state index contributed by atoms with van der Waals surface area (Å²) in [5.41, 5.74) is 6.03. The summed E-state index contributed by atoms with van der Waals surface area (Å²) in [5.74, 6) is 0. The van der Waals surface area contributed by atoms with Crippen LogP contribution in [0.3, 0.4) is 0 Å². The average molecular weight is 203 g/mol. The number of hydrogen-bond acceptors (Lipinski definition) is 1. The van der Waals surface area contributed by atoms with Gasteiger partial charge >= 0.3 is 0 Å². The Morgan fingerprint density at radius 1 is 1.33 bits per heavy atom. The van der Waals surface area contributed by atoms with Gasteiger partial charge < -0.3 is 5.32 Å². The van der Waals surface area contributed by atoms with E-state index < -0.39 is 0 Å². The maximum Gasteiger partial charge on any atom is 0.0325 e. The van der Waals surface area contributed by atoms with Crippen LogP contribution >= 0.6 is 0 Å². The van der Waals surface area contributed by atoms with E-state index in [0.29, 0.717) is 6.04 Å². The van der Waals surface area contributed by atoms with Gasteiger partial charge in [-0.25, -0.2) is 0 Å². The van der Waals surface area contributed by atoms with Crippen LogP contribution in [0.15, 0.2) is 12.1 Å². The van der Waals surface area contributed by atoms with Gasteiger partial charge in [-0.3, -0.25) is 0 Å². The predicted molar refractivity (Wildman–Crippen MR) is 65.3 cm³/mol. The first-order chi connectivity index (χ1) is 7.22. The number of hydrogen-bond donors (Lipinski definition) is 1. The molecule has 0 saturated carbocycles. The van der Waals surface area contributed by atoms with Gasteiger partial charge in [0.05, 0.1) is 0 Å². The number of nitrogens with one attached hydrogen (secondary N) is 1. The summed E-state index contributed by atoms with van der Waals surface area (Å²) in [6.07, 6.45) is 3.71. The fraction of sp³-hybridized carbons (Fsp3) is 0.571. The minimum Gasteiger partial charge on any atom is -0.310 e. The molecular formula is C14H21N. The summed E-state index contributed by atoms with van der Waals surface area (Å²) in [4.78, 5) is 0. The molecule has 1 aliphatic heterocycles. The standard InChI is InChI=1S/C14H21N/c1-4-5-13-14-11(3)8-10(2)9-12(14)6-7-15-13/h8-9,13,15H,4-7H2,1-3H3. The zero-order chi connectivity index (χ0) is 10.8. The molecule has 1 aliphatic rings. The lowest BCUT2D eigenvalue weighted by molar-refractivity contribution is 0.468. The molecule has 0 bridgehead atoms. The second kappa shape index (κ2) is 4.36.